The zero-order chi connectivity index (χ0) is 13.9. The molecule has 2 N–H and O–H groups in total. The highest BCUT2D eigenvalue weighted by Gasteiger charge is 2.34. The SMILES string of the molecule is O=C(O)CCC1CC(NCC2CC2)CN(C2CCC2)C1. The third-order valence-corrected chi connectivity index (χ3v) is 5.32. The summed E-state index contributed by atoms with van der Waals surface area (Å²) in [6.07, 6.45) is 9.22. The molecule has 114 valence electrons. The van der Waals surface area contributed by atoms with Crippen molar-refractivity contribution in [1.29, 1.82) is 0 Å². The van der Waals surface area contributed by atoms with Crippen LogP contribution >= 0.6 is 0 Å². The van der Waals surface area contributed by atoms with Crippen molar-refractivity contribution in [3.8, 4) is 0 Å². The lowest BCUT2D eigenvalue weighted by atomic mass is 9.85. The quantitative estimate of drug-likeness (QED) is 0.750. The lowest BCUT2D eigenvalue weighted by Crippen LogP contribution is -2.54. The summed E-state index contributed by atoms with van der Waals surface area (Å²) in [5, 5.41) is 12.6. The van der Waals surface area contributed by atoms with Crippen LogP contribution in [0, 0.1) is 11.8 Å². The summed E-state index contributed by atoms with van der Waals surface area (Å²) in [4.78, 5) is 13.4. The predicted octanol–water partition coefficient (Wildman–Crippen LogP) is 2.09. The minimum atomic E-state index is -0.645. The molecule has 2 aliphatic carbocycles. The van der Waals surface area contributed by atoms with E-state index in [1.807, 2.05) is 0 Å². The van der Waals surface area contributed by atoms with Gasteiger partial charge in [0.15, 0.2) is 0 Å². The van der Waals surface area contributed by atoms with Crippen LogP contribution in [0.4, 0.5) is 0 Å². The summed E-state index contributed by atoms with van der Waals surface area (Å²) in [5.41, 5.74) is 0. The lowest BCUT2D eigenvalue weighted by molar-refractivity contribution is -0.137. The van der Waals surface area contributed by atoms with Crippen LogP contribution in [0.15, 0.2) is 0 Å². The molecule has 2 atom stereocenters. The number of nitrogens with one attached hydrogen (secondary N) is 1. The fraction of sp³-hybridized carbons (Fsp3) is 0.938. The van der Waals surface area contributed by atoms with Crippen LogP contribution in [-0.4, -0.2) is 47.7 Å². The maximum Gasteiger partial charge on any atom is 0.303 e. The first kappa shape index (κ1) is 14.3. The molecule has 2 saturated carbocycles. The summed E-state index contributed by atoms with van der Waals surface area (Å²) in [7, 11) is 0. The molecular formula is C16H28N2O2. The van der Waals surface area contributed by atoms with E-state index in [4.69, 9.17) is 5.11 Å². The van der Waals surface area contributed by atoms with Crippen LogP contribution in [0.3, 0.4) is 0 Å². The molecule has 0 aromatic heterocycles. The first-order valence-electron chi connectivity index (χ1n) is 8.40. The monoisotopic (exact) mass is 280 g/mol. The maximum atomic E-state index is 10.8. The highest BCUT2D eigenvalue weighted by atomic mass is 16.4. The van der Waals surface area contributed by atoms with Crippen LogP contribution in [0.5, 0.6) is 0 Å². The fourth-order valence-electron chi connectivity index (χ4n) is 3.63. The highest BCUT2D eigenvalue weighted by molar-refractivity contribution is 5.66. The number of hydrogen-bond donors (Lipinski definition) is 2. The van der Waals surface area contributed by atoms with Crippen molar-refractivity contribution in [2.24, 2.45) is 11.8 Å². The molecule has 0 bridgehead atoms. The van der Waals surface area contributed by atoms with Crippen LogP contribution in [0.25, 0.3) is 0 Å². The van der Waals surface area contributed by atoms with Gasteiger partial charge in [-0.3, -0.25) is 9.69 Å². The summed E-state index contributed by atoms with van der Waals surface area (Å²) < 4.78 is 0. The zero-order valence-electron chi connectivity index (χ0n) is 12.4. The Morgan fingerprint density at radius 1 is 1.15 bits per heavy atom. The Morgan fingerprint density at radius 3 is 2.55 bits per heavy atom. The third kappa shape index (κ3) is 3.95. The third-order valence-electron chi connectivity index (χ3n) is 5.32. The van der Waals surface area contributed by atoms with Crippen molar-refractivity contribution in [3.05, 3.63) is 0 Å². The summed E-state index contributed by atoms with van der Waals surface area (Å²) >= 11 is 0. The summed E-state index contributed by atoms with van der Waals surface area (Å²) in [6.45, 7) is 3.48. The number of nitrogens with zero attached hydrogens (tertiary/aromatic N) is 1. The molecule has 1 saturated heterocycles. The van der Waals surface area contributed by atoms with Gasteiger partial charge in [0.2, 0.25) is 0 Å². The molecule has 4 heteroatoms. The van der Waals surface area contributed by atoms with Crippen LogP contribution in [-0.2, 0) is 4.79 Å². The average molecular weight is 280 g/mol. The van der Waals surface area contributed by atoms with E-state index < -0.39 is 5.97 Å². The number of hydrogen-bond acceptors (Lipinski definition) is 3. The second-order valence-corrected chi connectivity index (χ2v) is 7.12. The van der Waals surface area contributed by atoms with E-state index in [0.29, 0.717) is 18.4 Å². The minimum Gasteiger partial charge on any atom is -0.481 e. The Hall–Kier alpha value is -0.610. The molecule has 0 radical (unpaired) electrons. The molecule has 0 aromatic carbocycles. The second-order valence-electron chi connectivity index (χ2n) is 7.12. The van der Waals surface area contributed by atoms with Gasteiger partial charge in [0.25, 0.3) is 0 Å². The van der Waals surface area contributed by atoms with Gasteiger partial charge in [-0.25, -0.2) is 0 Å². The molecule has 3 aliphatic rings. The van der Waals surface area contributed by atoms with Crippen LogP contribution in [0.1, 0.15) is 51.4 Å². The summed E-state index contributed by atoms with van der Waals surface area (Å²) in [5.74, 6) is 0.844. The number of carbonyl (C=O) groups is 1. The Balaban J connectivity index is 1.50. The Morgan fingerprint density at radius 2 is 1.95 bits per heavy atom. The van der Waals surface area contributed by atoms with Crippen molar-refractivity contribution < 1.29 is 9.90 Å². The zero-order valence-corrected chi connectivity index (χ0v) is 12.4. The maximum absolute atomic E-state index is 10.8. The van der Waals surface area contributed by atoms with Crippen molar-refractivity contribution in [1.82, 2.24) is 10.2 Å². The van der Waals surface area contributed by atoms with E-state index in [9.17, 15) is 4.79 Å². The molecular weight excluding hydrogens is 252 g/mol. The van der Waals surface area contributed by atoms with Gasteiger partial charge in [0.05, 0.1) is 0 Å². The van der Waals surface area contributed by atoms with E-state index in [1.54, 1.807) is 0 Å². The second kappa shape index (κ2) is 6.44. The lowest BCUT2D eigenvalue weighted by Gasteiger charge is -2.45. The van der Waals surface area contributed by atoms with E-state index in [1.165, 1.54) is 51.6 Å². The van der Waals surface area contributed by atoms with Crippen LogP contribution in [0.2, 0.25) is 0 Å². The largest absolute Gasteiger partial charge is 0.481 e. The van der Waals surface area contributed by atoms with Gasteiger partial charge < -0.3 is 10.4 Å². The molecule has 4 nitrogen and oxygen atoms in total. The Labute approximate surface area is 121 Å². The molecule has 1 heterocycles. The van der Waals surface area contributed by atoms with E-state index >= 15 is 0 Å². The van der Waals surface area contributed by atoms with Crippen LogP contribution < -0.4 is 5.32 Å². The van der Waals surface area contributed by atoms with Crippen molar-refractivity contribution >= 4 is 5.97 Å². The summed E-state index contributed by atoms with van der Waals surface area (Å²) in [6, 6.07) is 1.37. The predicted molar refractivity (Wildman–Crippen MR) is 78.7 cm³/mol. The number of likely N-dealkylation sites (tertiary alicyclic amines) is 1. The Bertz CT molecular complexity index is 339. The van der Waals surface area contributed by atoms with Gasteiger partial charge in [0, 0.05) is 31.6 Å². The van der Waals surface area contributed by atoms with Gasteiger partial charge >= 0.3 is 5.97 Å². The fourth-order valence-corrected chi connectivity index (χ4v) is 3.63. The number of piperidine rings is 1. The highest BCUT2D eigenvalue weighted by Crippen LogP contribution is 2.32. The van der Waals surface area contributed by atoms with Gasteiger partial charge in [-0.2, -0.15) is 0 Å². The van der Waals surface area contributed by atoms with Crippen molar-refractivity contribution in [3.63, 3.8) is 0 Å². The molecule has 0 aromatic rings. The molecule has 1 aliphatic heterocycles. The van der Waals surface area contributed by atoms with Gasteiger partial charge in [-0.1, -0.05) is 6.42 Å². The number of aliphatic carboxylic acids is 1. The van der Waals surface area contributed by atoms with Gasteiger partial charge in [-0.05, 0) is 56.9 Å². The number of carboxylic acids is 1. The molecule has 2 unspecified atom stereocenters. The smallest absolute Gasteiger partial charge is 0.303 e. The molecule has 3 rings (SSSR count). The van der Waals surface area contributed by atoms with E-state index in [-0.39, 0.29) is 0 Å². The number of rotatable bonds is 7. The molecule has 0 amide bonds. The Kier molecular flexibility index (Phi) is 4.61. The van der Waals surface area contributed by atoms with E-state index in [2.05, 4.69) is 10.2 Å². The number of carboxylic acid groups (broad SMARTS) is 1. The average Bonchev–Trinajstić information content (AvgIpc) is 3.16. The standard InChI is InChI=1S/C16H28N2O2/c19-16(20)7-6-13-8-14(17-9-12-4-5-12)11-18(10-13)15-2-1-3-15/h12-15,17H,1-11H2,(H,19,20). The molecule has 3 fully saturated rings. The first-order valence-corrected chi connectivity index (χ1v) is 8.40. The molecule has 0 spiro atoms. The topological polar surface area (TPSA) is 52.6 Å². The minimum absolute atomic E-state index is 0.332. The van der Waals surface area contributed by atoms with Crippen molar-refractivity contribution in [2.75, 3.05) is 19.6 Å². The van der Waals surface area contributed by atoms with Crippen molar-refractivity contribution in [2.45, 2.75) is 63.5 Å². The van der Waals surface area contributed by atoms with E-state index in [0.717, 1.165) is 24.9 Å². The van der Waals surface area contributed by atoms with Gasteiger partial charge in [0.1, 0.15) is 0 Å². The first-order chi connectivity index (χ1) is 9.70. The normalized spacial score (nSPS) is 32.0. The molecule has 20 heavy (non-hydrogen) atoms. The van der Waals surface area contributed by atoms with Gasteiger partial charge in [-0.15, -0.1) is 0 Å².